The average molecular weight is 194 g/mol. The maximum absolute atomic E-state index is 11.1. The van der Waals surface area contributed by atoms with Crippen LogP contribution in [0, 0.1) is 11.8 Å². The van der Waals surface area contributed by atoms with Crippen molar-refractivity contribution in [1.82, 2.24) is 5.32 Å². The molecule has 0 radical (unpaired) electrons. The summed E-state index contributed by atoms with van der Waals surface area (Å²) in [7, 11) is 1.45. The van der Waals surface area contributed by atoms with Gasteiger partial charge in [0.15, 0.2) is 0 Å². The lowest BCUT2D eigenvalue weighted by atomic mass is 9.92. The Bertz CT molecular complexity index is 152. The van der Waals surface area contributed by atoms with E-state index in [1.54, 1.807) is 0 Å². The van der Waals surface area contributed by atoms with Crippen LogP contribution < -0.4 is 5.32 Å². The smallest absolute Gasteiger partial charge is 0.309 e. The second kappa shape index (κ2) is 5.38. The summed E-state index contributed by atoms with van der Waals surface area (Å²) >= 11 is 0. The van der Waals surface area contributed by atoms with Crippen LogP contribution in [0.2, 0.25) is 0 Å². The summed E-state index contributed by atoms with van der Waals surface area (Å²) in [5, 5.41) is 3.20. The van der Waals surface area contributed by atoms with Gasteiger partial charge in [-0.25, -0.2) is 0 Å². The lowest BCUT2D eigenvalue weighted by molar-refractivity contribution is -0.146. The number of halogens is 1. The van der Waals surface area contributed by atoms with Gasteiger partial charge in [0, 0.05) is 6.54 Å². The molecule has 0 aliphatic carbocycles. The highest BCUT2D eigenvalue weighted by atomic mass is 35.5. The average Bonchev–Trinajstić information content (AvgIpc) is 2.03. The Balaban J connectivity index is 0.00000121. The number of esters is 1. The summed E-state index contributed by atoms with van der Waals surface area (Å²) in [6.07, 6.45) is 0.958. The Morgan fingerprint density at radius 2 is 2.17 bits per heavy atom. The van der Waals surface area contributed by atoms with Gasteiger partial charge in [0.05, 0.1) is 13.0 Å². The van der Waals surface area contributed by atoms with Crippen molar-refractivity contribution in [3.8, 4) is 0 Å². The van der Waals surface area contributed by atoms with Crippen LogP contribution in [-0.4, -0.2) is 26.2 Å². The number of piperidine rings is 1. The fourth-order valence-electron chi connectivity index (χ4n) is 1.50. The summed E-state index contributed by atoms with van der Waals surface area (Å²) < 4.78 is 4.66. The zero-order chi connectivity index (χ0) is 8.27. The van der Waals surface area contributed by atoms with Gasteiger partial charge in [-0.3, -0.25) is 4.79 Å². The number of ether oxygens (including phenoxy) is 1. The molecule has 1 N–H and O–H groups in total. The topological polar surface area (TPSA) is 38.3 Å². The molecule has 1 fully saturated rings. The van der Waals surface area contributed by atoms with Crippen LogP contribution in [0.1, 0.15) is 13.3 Å². The zero-order valence-electron chi connectivity index (χ0n) is 7.50. The highest BCUT2D eigenvalue weighted by Crippen LogP contribution is 2.16. The molecule has 2 atom stereocenters. The van der Waals surface area contributed by atoms with E-state index in [-0.39, 0.29) is 24.3 Å². The van der Waals surface area contributed by atoms with Gasteiger partial charge in [-0.15, -0.1) is 12.4 Å². The van der Waals surface area contributed by atoms with E-state index in [0.717, 1.165) is 19.5 Å². The van der Waals surface area contributed by atoms with E-state index in [9.17, 15) is 4.79 Å². The summed E-state index contributed by atoms with van der Waals surface area (Å²) in [4.78, 5) is 11.1. The molecule has 1 heterocycles. The van der Waals surface area contributed by atoms with Crippen LogP contribution in [0.5, 0.6) is 0 Å². The highest BCUT2D eigenvalue weighted by molar-refractivity contribution is 5.85. The van der Waals surface area contributed by atoms with E-state index in [2.05, 4.69) is 17.0 Å². The molecule has 3 nitrogen and oxygen atoms in total. The maximum Gasteiger partial charge on any atom is 0.309 e. The predicted octanol–water partition coefficient (Wildman–Crippen LogP) is 0.827. The molecule has 0 bridgehead atoms. The van der Waals surface area contributed by atoms with Crippen molar-refractivity contribution in [2.75, 3.05) is 20.2 Å². The van der Waals surface area contributed by atoms with Gasteiger partial charge in [0.2, 0.25) is 0 Å². The van der Waals surface area contributed by atoms with E-state index in [1.807, 2.05) is 0 Å². The van der Waals surface area contributed by atoms with Gasteiger partial charge in [-0.05, 0) is 18.9 Å². The first-order chi connectivity index (χ1) is 5.24. The second-order valence-electron chi connectivity index (χ2n) is 3.22. The molecule has 0 saturated carbocycles. The number of rotatable bonds is 1. The van der Waals surface area contributed by atoms with Gasteiger partial charge in [-0.1, -0.05) is 6.92 Å². The zero-order valence-corrected chi connectivity index (χ0v) is 8.32. The van der Waals surface area contributed by atoms with Gasteiger partial charge in [0.25, 0.3) is 0 Å². The van der Waals surface area contributed by atoms with Crippen LogP contribution in [0.4, 0.5) is 0 Å². The van der Waals surface area contributed by atoms with E-state index in [1.165, 1.54) is 7.11 Å². The number of hydrogen-bond donors (Lipinski definition) is 1. The van der Waals surface area contributed by atoms with Crippen LogP contribution in [0.3, 0.4) is 0 Å². The summed E-state index contributed by atoms with van der Waals surface area (Å²) in [5.74, 6) is 0.584. The lowest BCUT2D eigenvalue weighted by Gasteiger charge is -2.25. The molecule has 0 aromatic rings. The summed E-state index contributed by atoms with van der Waals surface area (Å²) in [5.41, 5.74) is 0. The SMILES string of the molecule is COC(=O)[C@H]1CNC[C@@H](C)C1.Cl. The van der Waals surface area contributed by atoms with Crippen molar-refractivity contribution in [3.63, 3.8) is 0 Å². The molecule has 1 saturated heterocycles. The van der Waals surface area contributed by atoms with Gasteiger partial charge >= 0.3 is 5.97 Å². The van der Waals surface area contributed by atoms with Gasteiger partial charge < -0.3 is 10.1 Å². The van der Waals surface area contributed by atoms with Crippen molar-refractivity contribution < 1.29 is 9.53 Å². The molecule has 0 unspecified atom stereocenters. The van der Waals surface area contributed by atoms with E-state index in [4.69, 9.17) is 0 Å². The molecule has 0 aromatic heterocycles. The Kier molecular flexibility index (Phi) is 5.25. The highest BCUT2D eigenvalue weighted by Gasteiger charge is 2.24. The Morgan fingerprint density at radius 3 is 2.67 bits per heavy atom. The van der Waals surface area contributed by atoms with Gasteiger partial charge in [-0.2, -0.15) is 0 Å². The third-order valence-corrected chi connectivity index (χ3v) is 2.10. The largest absolute Gasteiger partial charge is 0.469 e. The van der Waals surface area contributed by atoms with Gasteiger partial charge in [0.1, 0.15) is 0 Å². The molecule has 1 aliphatic rings. The minimum atomic E-state index is -0.0796. The maximum atomic E-state index is 11.1. The Hall–Kier alpha value is -0.280. The first-order valence-electron chi connectivity index (χ1n) is 4.02. The van der Waals surface area contributed by atoms with E-state index < -0.39 is 0 Å². The first kappa shape index (κ1) is 11.7. The minimum absolute atomic E-state index is 0. The van der Waals surface area contributed by atoms with Crippen LogP contribution >= 0.6 is 12.4 Å². The quantitative estimate of drug-likeness (QED) is 0.627. The van der Waals surface area contributed by atoms with E-state index in [0.29, 0.717) is 5.92 Å². The minimum Gasteiger partial charge on any atom is -0.469 e. The standard InChI is InChI=1S/C8H15NO2.ClH/c1-6-3-7(5-9-4-6)8(10)11-2;/h6-7,9H,3-5H2,1-2H3;1H/t6-,7+;/m0./s1. The summed E-state index contributed by atoms with van der Waals surface area (Å²) in [6.45, 7) is 3.94. The monoisotopic (exact) mass is 193 g/mol. The van der Waals surface area contributed by atoms with Crippen LogP contribution in [-0.2, 0) is 9.53 Å². The molecule has 0 aromatic carbocycles. The summed E-state index contributed by atoms with van der Waals surface area (Å²) in [6, 6.07) is 0. The number of carbonyl (C=O) groups is 1. The molecule has 0 amide bonds. The number of methoxy groups -OCH3 is 1. The Labute approximate surface area is 79.3 Å². The fraction of sp³-hybridized carbons (Fsp3) is 0.875. The fourth-order valence-corrected chi connectivity index (χ4v) is 1.50. The number of hydrogen-bond acceptors (Lipinski definition) is 3. The van der Waals surface area contributed by atoms with Crippen molar-refractivity contribution in [3.05, 3.63) is 0 Å². The molecule has 0 spiro atoms. The third-order valence-electron chi connectivity index (χ3n) is 2.10. The van der Waals surface area contributed by atoms with Crippen molar-refractivity contribution in [1.29, 1.82) is 0 Å². The third kappa shape index (κ3) is 2.99. The normalized spacial score (nSPS) is 28.8. The number of carbonyl (C=O) groups excluding carboxylic acids is 1. The van der Waals surface area contributed by atoms with Crippen molar-refractivity contribution >= 4 is 18.4 Å². The van der Waals surface area contributed by atoms with E-state index >= 15 is 0 Å². The van der Waals surface area contributed by atoms with Crippen LogP contribution in [0.15, 0.2) is 0 Å². The molecule has 4 heteroatoms. The Morgan fingerprint density at radius 1 is 1.50 bits per heavy atom. The number of nitrogens with one attached hydrogen (secondary N) is 1. The van der Waals surface area contributed by atoms with Crippen molar-refractivity contribution in [2.45, 2.75) is 13.3 Å². The molecule has 72 valence electrons. The molecule has 1 rings (SSSR count). The molecule has 1 aliphatic heterocycles. The molecular weight excluding hydrogens is 178 g/mol. The molecular formula is C8H16ClNO2. The molecule has 12 heavy (non-hydrogen) atoms. The lowest BCUT2D eigenvalue weighted by Crippen LogP contribution is -2.39. The predicted molar refractivity (Wildman–Crippen MR) is 49.4 cm³/mol. The van der Waals surface area contributed by atoms with Crippen LogP contribution in [0.25, 0.3) is 0 Å². The first-order valence-corrected chi connectivity index (χ1v) is 4.02. The van der Waals surface area contributed by atoms with Crippen molar-refractivity contribution in [2.24, 2.45) is 11.8 Å². The second-order valence-corrected chi connectivity index (χ2v) is 3.22.